The van der Waals surface area contributed by atoms with Crippen LogP contribution in [0, 0.1) is 0 Å². The Hall–Kier alpha value is -2.24. The summed E-state index contributed by atoms with van der Waals surface area (Å²) >= 11 is 0. The second kappa shape index (κ2) is 5.20. The summed E-state index contributed by atoms with van der Waals surface area (Å²) in [7, 11) is 0. The Morgan fingerprint density at radius 3 is 2.53 bits per heavy atom. The molecule has 6 heteroatoms. The van der Waals surface area contributed by atoms with Crippen molar-refractivity contribution in [1.29, 1.82) is 0 Å². The molecule has 0 heterocycles. The van der Waals surface area contributed by atoms with E-state index in [-0.39, 0.29) is 12.0 Å². The van der Waals surface area contributed by atoms with Crippen LogP contribution in [0.25, 0.3) is 0 Å². The fraction of sp³-hybridized carbons (Fsp3) is 0.273. The van der Waals surface area contributed by atoms with Crippen molar-refractivity contribution in [2.24, 2.45) is 0 Å². The van der Waals surface area contributed by atoms with E-state index in [1.807, 2.05) is 0 Å². The van der Waals surface area contributed by atoms with Gasteiger partial charge in [-0.1, -0.05) is 13.0 Å². The largest absolute Gasteiger partial charge is 0.504 e. The fourth-order valence-electron chi connectivity index (χ4n) is 1.29. The molecular weight excluding hydrogens is 226 g/mol. The van der Waals surface area contributed by atoms with Crippen LogP contribution in [0.4, 0.5) is 0 Å². The topological polar surface area (TPSA) is 107 Å². The second-order valence-electron chi connectivity index (χ2n) is 3.45. The quantitative estimate of drug-likeness (QED) is 0.578. The summed E-state index contributed by atoms with van der Waals surface area (Å²) in [5.74, 6) is -2.89. The molecule has 1 atom stereocenters. The lowest BCUT2D eigenvalue weighted by atomic mass is 10.1. The number of hydrogen-bond acceptors (Lipinski definition) is 4. The van der Waals surface area contributed by atoms with Crippen molar-refractivity contribution in [2.75, 3.05) is 0 Å². The molecule has 0 aliphatic carbocycles. The summed E-state index contributed by atoms with van der Waals surface area (Å²) in [6, 6.07) is 2.87. The minimum absolute atomic E-state index is 0.162. The normalized spacial score (nSPS) is 11.8. The van der Waals surface area contributed by atoms with Gasteiger partial charge in [0.2, 0.25) is 0 Å². The Labute approximate surface area is 97.5 Å². The molecule has 1 aromatic carbocycles. The van der Waals surface area contributed by atoms with E-state index in [0.29, 0.717) is 0 Å². The number of benzene rings is 1. The van der Waals surface area contributed by atoms with Crippen LogP contribution in [-0.2, 0) is 4.79 Å². The van der Waals surface area contributed by atoms with Crippen LogP contribution in [0.1, 0.15) is 23.7 Å². The third-order valence-electron chi connectivity index (χ3n) is 2.27. The maximum absolute atomic E-state index is 11.6. The van der Waals surface area contributed by atoms with Crippen molar-refractivity contribution in [1.82, 2.24) is 5.32 Å². The van der Waals surface area contributed by atoms with Gasteiger partial charge in [-0.25, -0.2) is 4.79 Å². The van der Waals surface area contributed by atoms with E-state index in [4.69, 9.17) is 5.11 Å². The molecule has 0 saturated carbocycles. The molecule has 0 fully saturated rings. The first-order valence-corrected chi connectivity index (χ1v) is 5.02. The minimum Gasteiger partial charge on any atom is -0.504 e. The summed E-state index contributed by atoms with van der Waals surface area (Å²) in [6.07, 6.45) is 0.223. The van der Waals surface area contributed by atoms with E-state index in [1.54, 1.807) is 6.92 Å². The van der Waals surface area contributed by atoms with E-state index in [2.05, 4.69) is 5.32 Å². The van der Waals surface area contributed by atoms with Gasteiger partial charge >= 0.3 is 5.97 Å². The van der Waals surface area contributed by atoms with Crippen molar-refractivity contribution in [3.63, 3.8) is 0 Å². The van der Waals surface area contributed by atoms with Crippen LogP contribution in [0.3, 0.4) is 0 Å². The number of carboxylic acids is 1. The van der Waals surface area contributed by atoms with Crippen LogP contribution in [-0.4, -0.2) is 33.2 Å². The number of nitrogens with one attached hydrogen (secondary N) is 1. The number of hydrogen-bond donors (Lipinski definition) is 4. The predicted octanol–water partition coefficient (Wildman–Crippen LogP) is 0.691. The van der Waals surface area contributed by atoms with Gasteiger partial charge < -0.3 is 20.6 Å². The summed E-state index contributed by atoms with van der Waals surface area (Å²) in [4.78, 5) is 22.4. The number of rotatable bonds is 4. The van der Waals surface area contributed by atoms with Crippen LogP contribution < -0.4 is 5.32 Å². The third-order valence-corrected chi connectivity index (χ3v) is 2.27. The number of aromatic hydroxyl groups is 2. The molecule has 1 rings (SSSR count). The second-order valence-corrected chi connectivity index (χ2v) is 3.45. The molecular formula is C11H13NO5. The third kappa shape index (κ3) is 2.87. The molecule has 92 valence electrons. The van der Waals surface area contributed by atoms with E-state index < -0.39 is 29.4 Å². The molecule has 0 saturated heterocycles. The molecule has 0 aliphatic rings. The van der Waals surface area contributed by atoms with Gasteiger partial charge in [0.05, 0.1) is 5.56 Å². The Morgan fingerprint density at radius 2 is 2.00 bits per heavy atom. The zero-order valence-electron chi connectivity index (χ0n) is 9.17. The van der Waals surface area contributed by atoms with Gasteiger partial charge in [-0.15, -0.1) is 0 Å². The number of carboxylic acid groups (broad SMARTS) is 1. The first-order chi connectivity index (χ1) is 7.97. The summed E-state index contributed by atoms with van der Waals surface area (Å²) < 4.78 is 0. The predicted molar refractivity (Wildman–Crippen MR) is 59.0 cm³/mol. The highest BCUT2D eigenvalue weighted by atomic mass is 16.4. The first kappa shape index (κ1) is 12.8. The highest BCUT2D eigenvalue weighted by Crippen LogP contribution is 2.27. The zero-order chi connectivity index (χ0) is 13.0. The van der Waals surface area contributed by atoms with Crippen LogP contribution in [0.15, 0.2) is 18.2 Å². The maximum atomic E-state index is 11.6. The molecule has 0 aromatic heterocycles. The van der Waals surface area contributed by atoms with Crippen molar-refractivity contribution in [3.8, 4) is 11.5 Å². The lowest BCUT2D eigenvalue weighted by Crippen LogP contribution is -2.40. The number of para-hydroxylation sites is 1. The van der Waals surface area contributed by atoms with Gasteiger partial charge in [-0.2, -0.15) is 0 Å². The average Bonchev–Trinajstić information content (AvgIpc) is 2.28. The number of carbonyl (C=O) groups is 2. The SMILES string of the molecule is CC[C@@H](NC(=O)c1cccc(O)c1O)C(=O)O. The minimum atomic E-state index is -1.15. The Kier molecular flexibility index (Phi) is 3.92. The molecule has 1 aromatic rings. The van der Waals surface area contributed by atoms with Gasteiger partial charge in [0, 0.05) is 0 Å². The molecule has 1 amide bonds. The molecule has 4 N–H and O–H groups in total. The summed E-state index contributed by atoms with van der Waals surface area (Å²) in [5, 5.41) is 29.6. The monoisotopic (exact) mass is 239 g/mol. The molecule has 0 unspecified atom stereocenters. The molecule has 17 heavy (non-hydrogen) atoms. The standard InChI is InChI=1S/C11H13NO5/c1-2-7(11(16)17)12-10(15)6-4-3-5-8(13)9(6)14/h3-5,7,13-14H,2H2,1H3,(H,12,15)(H,16,17)/t7-/m1/s1. The molecule has 0 bridgehead atoms. The molecule has 0 radical (unpaired) electrons. The van der Waals surface area contributed by atoms with Crippen LogP contribution in [0.5, 0.6) is 11.5 Å². The lowest BCUT2D eigenvalue weighted by Gasteiger charge is -2.13. The zero-order valence-corrected chi connectivity index (χ0v) is 9.17. The Balaban J connectivity index is 2.90. The van der Waals surface area contributed by atoms with Crippen LogP contribution >= 0.6 is 0 Å². The Morgan fingerprint density at radius 1 is 1.35 bits per heavy atom. The van der Waals surface area contributed by atoms with Crippen molar-refractivity contribution < 1.29 is 24.9 Å². The molecule has 0 aliphatic heterocycles. The van der Waals surface area contributed by atoms with Crippen LogP contribution in [0.2, 0.25) is 0 Å². The highest BCUT2D eigenvalue weighted by Gasteiger charge is 2.21. The Bertz CT molecular complexity index is 443. The van der Waals surface area contributed by atoms with E-state index >= 15 is 0 Å². The average molecular weight is 239 g/mol. The van der Waals surface area contributed by atoms with Crippen molar-refractivity contribution in [2.45, 2.75) is 19.4 Å². The fourth-order valence-corrected chi connectivity index (χ4v) is 1.29. The summed E-state index contributed by atoms with van der Waals surface area (Å²) in [6.45, 7) is 1.61. The number of aliphatic carboxylic acids is 1. The van der Waals surface area contributed by atoms with Crippen molar-refractivity contribution in [3.05, 3.63) is 23.8 Å². The van der Waals surface area contributed by atoms with E-state index in [1.165, 1.54) is 18.2 Å². The summed E-state index contributed by atoms with van der Waals surface area (Å²) in [5.41, 5.74) is -0.162. The number of carbonyl (C=O) groups excluding carboxylic acids is 1. The number of phenols is 2. The van der Waals surface area contributed by atoms with Crippen molar-refractivity contribution >= 4 is 11.9 Å². The van der Waals surface area contributed by atoms with Gasteiger partial charge in [0.15, 0.2) is 11.5 Å². The molecule has 0 spiro atoms. The number of phenolic OH excluding ortho intramolecular Hbond substituents is 2. The van der Waals surface area contributed by atoms with E-state index in [0.717, 1.165) is 0 Å². The maximum Gasteiger partial charge on any atom is 0.326 e. The number of amides is 1. The highest BCUT2D eigenvalue weighted by molar-refractivity contribution is 5.99. The first-order valence-electron chi connectivity index (χ1n) is 5.02. The van der Waals surface area contributed by atoms with Gasteiger partial charge in [-0.05, 0) is 18.6 Å². The smallest absolute Gasteiger partial charge is 0.326 e. The lowest BCUT2D eigenvalue weighted by molar-refractivity contribution is -0.139. The van der Waals surface area contributed by atoms with Gasteiger partial charge in [0.25, 0.3) is 5.91 Å². The molecule has 6 nitrogen and oxygen atoms in total. The van der Waals surface area contributed by atoms with E-state index in [9.17, 15) is 19.8 Å². The van der Waals surface area contributed by atoms with Gasteiger partial charge in [0.1, 0.15) is 6.04 Å². The van der Waals surface area contributed by atoms with Gasteiger partial charge in [-0.3, -0.25) is 4.79 Å².